The monoisotopic (exact) mass is 359 g/mol. The molecule has 0 saturated heterocycles. The highest BCUT2D eigenvalue weighted by Gasteiger charge is 2.16. The van der Waals surface area contributed by atoms with Crippen molar-refractivity contribution in [1.29, 1.82) is 0 Å². The SMILES string of the molecule is CCCCOCCCNC(=O)c1nn(-c2cccc(C)c2)c(=O)cc1O. The van der Waals surface area contributed by atoms with Gasteiger partial charge in [0.15, 0.2) is 11.4 Å². The van der Waals surface area contributed by atoms with Crippen molar-refractivity contribution >= 4 is 5.91 Å². The highest BCUT2D eigenvalue weighted by molar-refractivity contribution is 5.94. The molecule has 26 heavy (non-hydrogen) atoms. The zero-order valence-electron chi connectivity index (χ0n) is 15.2. The normalized spacial score (nSPS) is 10.7. The summed E-state index contributed by atoms with van der Waals surface area (Å²) in [6, 6.07) is 8.18. The molecule has 2 aromatic rings. The number of aromatic hydroxyl groups is 1. The van der Waals surface area contributed by atoms with E-state index in [0.29, 0.717) is 31.9 Å². The van der Waals surface area contributed by atoms with Gasteiger partial charge in [-0.3, -0.25) is 9.59 Å². The zero-order valence-corrected chi connectivity index (χ0v) is 15.2. The first-order chi connectivity index (χ1) is 12.5. The minimum absolute atomic E-state index is 0.182. The molecule has 0 spiro atoms. The number of hydrogen-bond acceptors (Lipinski definition) is 5. The van der Waals surface area contributed by atoms with Crippen LogP contribution in [0.3, 0.4) is 0 Å². The Morgan fingerprint density at radius 3 is 2.77 bits per heavy atom. The fourth-order valence-corrected chi connectivity index (χ4v) is 2.36. The molecule has 1 heterocycles. The van der Waals surface area contributed by atoms with Crippen molar-refractivity contribution in [2.24, 2.45) is 0 Å². The smallest absolute Gasteiger partial charge is 0.275 e. The fraction of sp³-hybridized carbons (Fsp3) is 0.421. The summed E-state index contributed by atoms with van der Waals surface area (Å²) in [5, 5.41) is 16.6. The van der Waals surface area contributed by atoms with Crippen LogP contribution in [0.1, 0.15) is 42.2 Å². The number of nitrogens with zero attached hydrogens (tertiary/aromatic N) is 2. The molecule has 140 valence electrons. The van der Waals surface area contributed by atoms with Crippen LogP contribution in [0.2, 0.25) is 0 Å². The molecular weight excluding hydrogens is 334 g/mol. The van der Waals surface area contributed by atoms with Gasteiger partial charge < -0.3 is 15.2 Å². The second kappa shape index (κ2) is 9.72. The van der Waals surface area contributed by atoms with Crippen molar-refractivity contribution in [1.82, 2.24) is 15.1 Å². The Morgan fingerprint density at radius 2 is 2.04 bits per heavy atom. The predicted octanol–water partition coefficient (Wildman–Crippen LogP) is 2.18. The van der Waals surface area contributed by atoms with E-state index in [1.807, 2.05) is 13.0 Å². The van der Waals surface area contributed by atoms with Gasteiger partial charge >= 0.3 is 0 Å². The van der Waals surface area contributed by atoms with Gasteiger partial charge in [0.05, 0.1) is 5.69 Å². The van der Waals surface area contributed by atoms with Crippen LogP contribution in [-0.2, 0) is 4.74 Å². The van der Waals surface area contributed by atoms with Crippen LogP contribution >= 0.6 is 0 Å². The standard InChI is InChI=1S/C19H25N3O4/c1-3-4-10-26-11-6-9-20-19(25)18-16(23)13-17(24)22(21-18)15-8-5-7-14(2)12-15/h5,7-8,12-13,23H,3-4,6,9-11H2,1-2H3,(H,20,25). The lowest BCUT2D eigenvalue weighted by molar-refractivity contribution is 0.0930. The molecule has 7 heteroatoms. The second-order valence-electron chi connectivity index (χ2n) is 6.04. The highest BCUT2D eigenvalue weighted by Crippen LogP contribution is 2.13. The van der Waals surface area contributed by atoms with Crippen LogP contribution in [0.4, 0.5) is 0 Å². The van der Waals surface area contributed by atoms with E-state index in [2.05, 4.69) is 17.3 Å². The molecule has 0 radical (unpaired) electrons. The molecule has 0 aliphatic heterocycles. The van der Waals surface area contributed by atoms with Crippen molar-refractivity contribution < 1.29 is 14.6 Å². The average Bonchev–Trinajstić information content (AvgIpc) is 2.61. The maximum absolute atomic E-state index is 12.3. The summed E-state index contributed by atoms with van der Waals surface area (Å²) in [4.78, 5) is 24.4. The Bertz CT molecular complexity index is 802. The van der Waals surface area contributed by atoms with E-state index >= 15 is 0 Å². The van der Waals surface area contributed by atoms with Gasteiger partial charge in [-0.2, -0.15) is 9.78 Å². The number of amides is 1. The van der Waals surface area contributed by atoms with Gasteiger partial charge in [-0.25, -0.2) is 0 Å². The third-order valence-electron chi connectivity index (χ3n) is 3.77. The van der Waals surface area contributed by atoms with Crippen molar-refractivity contribution in [3.05, 3.63) is 51.9 Å². The van der Waals surface area contributed by atoms with Crippen molar-refractivity contribution in [3.8, 4) is 11.4 Å². The van der Waals surface area contributed by atoms with E-state index in [1.54, 1.807) is 18.2 Å². The van der Waals surface area contributed by atoms with Gasteiger partial charge in [0.2, 0.25) is 0 Å². The summed E-state index contributed by atoms with van der Waals surface area (Å²) in [6.07, 6.45) is 2.76. The Morgan fingerprint density at radius 1 is 1.27 bits per heavy atom. The topological polar surface area (TPSA) is 93.5 Å². The Balaban J connectivity index is 2.03. The van der Waals surface area contributed by atoms with Crippen molar-refractivity contribution in [2.45, 2.75) is 33.1 Å². The quantitative estimate of drug-likeness (QED) is 0.670. The van der Waals surface area contributed by atoms with Crippen LogP contribution in [0, 0.1) is 6.92 Å². The number of aryl methyl sites for hydroxylation is 1. The molecule has 0 unspecified atom stereocenters. The van der Waals surface area contributed by atoms with Crippen molar-refractivity contribution in [2.75, 3.05) is 19.8 Å². The van der Waals surface area contributed by atoms with E-state index in [1.165, 1.54) is 0 Å². The molecule has 0 saturated carbocycles. The summed E-state index contributed by atoms with van der Waals surface area (Å²) in [5.41, 5.74) is 0.804. The molecule has 1 aromatic heterocycles. The first-order valence-electron chi connectivity index (χ1n) is 8.79. The van der Waals surface area contributed by atoms with Gasteiger partial charge in [0, 0.05) is 25.8 Å². The maximum atomic E-state index is 12.3. The third kappa shape index (κ3) is 5.42. The minimum Gasteiger partial charge on any atom is -0.505 e. The maximum Gasteiger partial charge on any atom is 0.275 e. The number of aromatic nitrogens is 2. The molecule has 0 aliphatic rings. The lowest BCUT2D eigenvalue weighted by Crippen LogP contribution is -2.30. The summed E-state index contributed by atoms with van der Waals surface area (Å²) in [6.45, 7) is 5.66. The lowest BCUT2D eigenvalue weighted by Gasteiger charge is -2.10. The molecule has 1 aromatic carbocycles. The van der Waals surface area contributed by atoms with Crippen LogP contribution < -0.4 is 10.9 Å². The highest BCUT2D eigenvalue weighted by atomic mass is 16.5. The number of nitrogens with one attached hydrogen (secondary N) is 1. The minimum atomic E-state index is -0.530. The number of unbranched alkanes of at least 4 members (excludes halogenated alkanes) is 1. The molecule has 1 amide bonds. The Kier molecular flexibility index (Phi) is 7.35. The lowest BCUT2D eigenvalue weighted by atomic mass is 10.2. The van der Waals surface area contributed by atoms with E-state index in [0.717, 1.165) is 29.2 Å². The summed E-state index contributed by atoms with van der Waals surface area (Å²) in [5.74, 6) is -0.965. The second-order valence-corrected chi connectivity index (χ2v) is 6.04. The Hall–Kier alpha value is -2.67. The van der Waals surface area contributed by atoms with Gasteiger partial charge in [-0.05, 0) is 37.5 Å². The largest absolute Gasteiger partial charge is 0.505 e. The molecule has 7 nitrogen and oxygen atoms in total. The van der Waals surface area contributed by atoms with Gasteiger partial charge in [-0.1, -0.05) is 25.5 Å². The average molecular weight is 359 g/mol. The number of hydrogen-bond donors (Lipinski definition) is 2. The first kappa shape index (κ1) is 19.7. The first-order valence-corrected chi connectivity index (χ1v) is 8.79. The molecule has 0 aliphatic carbocycles. The zero-order chi connectivity index (χ0) is 18.9. The molecule has 0 fully saturated rings. The van der Waals surface area contributed by atoms with Gasteiger partial charge in [0.25, 0.3) is 11.5 Å². The summed E-state index contributed by atoms with van der Waals surface area (Å²) in [7, 11) is 0. The van der Waals surface area contributed by atoms with E-state index in [9.17, 15) is 14.7 Å². The molecule has 0 atom stereocenters. The predicted molar refractivity (Wildman–Crippen MR) is 98.9 cm³/mol. The number of rotatable bonds is 9. The van der Waals surface area contributed by atoms with Crippen LogP contribution in [0.15, 0.2) is 35.1 Å². The van der Waals surface area contributed by atoms with Gasteiger partial charge in [0.1, 0.15) is 0 Å². The van der Waals surface area contributed by atoms with Crippen LogP contribution in [0.25, 0.3) is 5.69 Å². The molecular formula is C19H25N3O4. The van der Waals surface area contributed by atoms with Crippen LogP contribution in [-0.4, -0.2) is 40.6 Å². The van der Waals surface area contributed by atoms with Gasteiger partial charge in [-0.15, -0.1) is 0 Å². The van der Waals surface area contributed by atoms with E-state index in [-0.39, 0.29) is 5.69 Å². The number of carbonyl (C=O) groups is 1. The van der Waals surface area contributed by atoms with E-state index < -0.39 is 17.2 Å². The number of benzene rings is 1. The number of ether oxygens (including phenoxy) is 1. The molecule has 2 N–H and O–H groups in total. The molecule has 0 bridgehead atoms. The third-order valence-corrected chi connectivity index (χ3v) is 3.77. The van der Waals surface area contributed by atoms with E-state index in [4.69, 9.17) is 4.74 Å². The number of carbonyl (C=O) groups excluding carboxylic acids is 1. The summed E-state index contributed by atoms with van der Waals surface area (Å²) >= 11 is 0. The van der Waals surface area contributed by atoms with Crippen LogP contribution in [0.5, 0.6) is 5.75 Å². The molecule has 2 rings (SSSR count). The Labute approximate surface area is 152 Å². The fourth-order valence-electron chi connectivity index (χ4n) is 2.36. The summed E-state index contributed by atoms with van der Waals surface area (Å²) < 4.78 is 6.53. The van der Waals surface area contributed by atoms with Crippen molar-refractivity contribution in [3.63, 3.8) is 0 Å².